The minimum Gasteiger partial charge on any atom is -0.335 e. The van der Waals surface area contributed by atoms with E-state index < -0.39 is 0 Å². The van der Waals surface area contributed by atoms with Crippen molar-refractivity contribution in [1.29, 1.82) is 0 Å². The molecule has 31 heavy (non-hydrogen) atoms. The number of benzene rings is 2. The molecule has 3 amide bonds. The van der Waals surface area contributed by atoms with Crippen molar-refractivity contribution >= 4 is 48.1 Å². The molecule has 7 nitrogen and oxygen atoms in total. The Morgan fingerprint density at radius 3 is 2.10 bits per heavy atom. The van der Waals surface area contributed by atoms with Gasteiger partial charge in [-0.1, -0.05) is 30.3 Å². The summed E-state index contributed by atoms with van der Waals surface area (Å²) >= 11 is 0. The van der Waals surface area contributed by atoms with Crippen LogP contribution in [0.3, 0.4) is 0 Å². The minimum absolute atomic E-state index is 0. The maximum absolute atomic E-state index is 12.2. The van der Waals surface area contributed by atoms with Crippen molar-refractivity contribution < 1.29 is 9.59 Å². The third-order valence-electron chi connectivity index (χ3n) is 5.11. The van der Waals surface area contributed by atoms with E-state index in [1.54, 1.807) is 24.3 Å². The number of nitrogens with zero attached hydrogens (tertiary/aromatic N) is 1. The topological polar surface area (TPSA) is 99.5 Å². The predicted molar refractivity (Wildman–Crippen MR) is 130 cm³/mol. The van der Waals surface area contributed by atoms with Crippen LogP contribution in [0, 0.1) is 0 Å². The van der Waals surface area contributed by atoms with E-state index in [0.29, 0.717) is 11.4 Å². The number of hydrogen-bond donors (Lipinski definition) is 4. The van der Waals surface area contributed by atoms with Crippen LogP contribution in [0.1, 0.15) is 30.9 Å². The summed E-state index contributed by atoms with van der Waals surface area (Å²) in [6, 6.07) is 16.3. The Morgan fingerprint density at radius 2 is 1.52 bits per heavy atom. The van der Waals surface area contributed by atoms with Crippen LogP contribution in [0.5, 0.6) is 0 Å². The molecule has 0 aromatic heterocycles. The van der Waals surface area contributed by atoms with Gasteiger partial charge in [-0.05, 0) is 62.8 Å². The van der Waals surface area contributed by atoms with Crippen LogP contribution in [-0.2, 0) is 4.79 Å². The van der Waals surface area contributed by atoms with Gasteiger partial charge < -0.3 is 26.6 Å². The van der Waals surface area contributed by atoms with Gasteiger partial charge in [0.1, 0.15) is 0 Å². The van der Waals surface area contributed by atoms with Crippen molar-refractivity contribution in [2.45, 2.75) is 31.3 Å². The average molecular weight is 468 g/mol. The van der Waals surface area contributed by atoms with Gasteiger partial charge in [-0.2, -0.15) is 0 Å². The second-order valence-electron chi connectivity index (χ2n) is 7.52. The second-order valence-corrected chi connectivity index (χ2v) is 7.52. The lowest BCUT2D eigenvalue weighted by atomic mass is 10.0. The van der Waals surface area contributed by atoms with E-state index in [0.717, 1.165) is 31.5 Å². The lowest BCUT2D eigenvalue weighted by Crippen LogP contribution is -2.44. The number of amides is 3. The lowest BCUT2D eigenvalue weighted by Gasteiger charge is -2.29. The van der Waals surface area contributed by atoms with Gasteiger partial charge in [-0.3, -0.25) is 4.79 Å². The largest absolute Gasteiger partial charge is 0.335 e. The Bertz CT molecular complexity index is 812. The second kappa shape index (κ2) is 13.2. The van der Waals surface area contributed by atoms with Crippen LogP contribution >= 0.6 is 24.8 Å². The lowest BCUT2D eigenvalue weighted by molar-refractivity contribution is -0.116. The Morgan fingerprint density at radius 1 is 0.968 bits per heavy atom. The molecular weight excluding hydrogens is 437 g/mol. The molecule has 1 atom stereocenters. The highest BCUT2D eigenvalue weighted by atomic mass is 35.5. The van der Waals surface area contributed by atoms with E-state index in [1.165, 1.54) is 0 Å². The fourth-order valence-electron chi connectivity index (χ4n) is 3.37. The summed E-state index contributed by atoms with van der Waals surface area (Å²) in [5, 5.41) is 8.69. The standard InChI is InChI=1S/C22H29N5O2.2ClH/c1-27-13-11-19(12-14-27)26-22(29)25-18-9-7-17(8-10-18)24-21(28)15-20(23)16-5-3-2-4-6-16;;/h2-10,19-20H,11-15,23H2,1H3,(H,24,28)(H2,25,26,29);2*1H. The van der Waals surface area contributed by atoms with E-state index in [4.69, 9.17) is 5.73 Å². The maximum Gasteiger partial charge on any atom is 0.319 e. The van der Waals surface area contributed by atoms with Gasteiger partial charge in [0.25, 0.3) is 0 Å². The third-order valence-corrected chi connectivity index (χ3v) is 5.11. The number of rotatable bonds is 6. The van der Waals surface area contributed by atoms with Crippen LogP contribution in [0.4, 0.5) is 16.2 Å². The van der Waals surface area contributed by atoms with Crippen LogP contribution in [0.15, 0.2) is 54.6 Å². The van der Waals surface area contributed by atoms with Gasteiger partial charge >= 0.3 is 6.03 Å². The molecule has 1 unspecified atom stereocenters. The molecule has 170 valence electrons. The smallest absolute Gasteiger partial charge is 0.319 e. The molecule has 0 spiro atoms. The van der Waals surface area contributed by atoms with Crippen molar-refractivity contribution in [2.24, 2.45) is 5.73 Å². The molecule has 2 aromatic rings. The molecule has 0 radical (unpaired) electrons. The number of nitrogens with one attached hydrogen (secondary N) is 3. The number of nitrogens with two attached hydrogens (primary N) is 1. The van der Waals surface area contributed by atoms with Crippen LogP contribution in [0.2, 0.25) is 0 Å². The van der Waals surface area contributed by atoms with Crippen molar-refractivity contribution in [3.8, 4) is 0 Å². The van der Waals surface area contributed by atoms with Crippen molar-refractivity contribution in [3.63, 3.8) is 0 Å². The Kier molecular flexibility index (Phi) is 11.3. The van der Waals surface area contributed by atoms with Crippen molar-refractivity contribution in [2.75, 3.05) is 30.8 Å². The first-order chi connectivity index (χ1) is 14.0. The first-order valence-corrected chi connectivity index (χ1v) is 9.96. The number of carbonyl (C=O) groups excluding carboxylic acids is 2. The highest BCUT2D eigenvalue weighted by Crippen LogP contribution is 2.17. The number of urea groups is 1. The van der Waals surface area contributed by atoms with Crippen LogP contribution in [-0.4, -0.2) is 43.0 Å². The number of halogens is 2. The van der Waals surface area contributed by atoms with E-state index in [9.17, 15) is 9.59 Å². The number of piperidine rings is 1. The zero-order chi connectivity index (χ0) is 20.6. The fraction of sp³-hybridized carbons (Fsp3) is 0.364. The molecule has 5 N–H and O–H groups in total. The SMILES string of the molecule is CN1CCC(NC(=O)Nc2ccc(NC(=O)CC(N)c3ccccc3)cc2)CC1.Cl.Cl. The van der Waals surface area contributed by atoms with Gasteiger partial charge in [0.15, 0.2) is 0 Å². The highest BCUT2D eigenvalue weighted by Gasteiger charge is 2.18. The molecule has 1 aliphatic rings. The van der Waals surface area contributed by atoms with E-state index in [2.05, 4.69) is 27.9 Å². The number of likely N-dealkylation sites (tertiary alicyclic amines) is 1. The summed E-state index contributed by atoms with van der Waals surface area (Å²) < 4.78 is 0. The van der Waals surface area contributed by atoms with Gasteiger partial charge in [-0.25, -0.2) is 4.79 Å². The molecule has 3 rings (SSSR count). The monoisotopic (exact) mass is 467 g/mol. The molecule has 0 bridgehead atoms. The molecule has 1 fully saturated rings. The van der Waals surface area contributed by atoms with E-state index in [1.807, 2.05) is 30.3 Å². The minimum atomic E-state index is -0.347. The maximum atomic E-state index is 12.2. The zero-order valence-electron chi connectivity index (χ0n) is 17.5. The summed E-state index contributed by atoms with van der Waals surface area (Å²) in [5.74, 6) is -0.151. The third kappa shape index (κ3) is 8.75. The normalized spacial score (nSPS) is 15.0. The van der Waals surface area contributed by atoms with Crippen LogP contribution in [0.25, 0.3) is 0 Å². The predicted octanol–water partition coefficient (Wildman–Crippen LogP) is 3.77. The summed E-state index contributed by atoms with van der Waals surface area (Å²) in [6.45, 7) is 1.99. The molecule has 9 heteroatoms. The molecule has 2 aromatic carbocycles. The summed E-state index contributed by atoms with van der Waals surface area (Å²) in [7, 11) is 2.09. The number of hydrogen-bond acceptors (Lipinski definition) is 4. The summed E-state index contributed by atoms with van der Waals surface area (Å²) in [4.78, 5) is 26.7. The van der Waals surface area contributed by atoms with Gasteiger partial charge in [0.05, 0.1) is 0 Å². The molecule has 1 saturated heterocycles. The van der Waals surface area contributed by atoms with Gasteiger partial charge in [-0.15, -0.1) is 24.8 Å². The highest BCUT2D eigenvalue weighted by molar-refractivity contribution is 5.92. The molecule has 1 aliphatic heterocycles. The molecule has 0 aliphatic carbocycles. The Hall–Kier alpha value is -2.32. The number of anilines is 2. The van der Waals surface area contributed by atoms with Crippen molar-refractivity contribution in [1.82, 2.24) is 10.2 Å². The number of carbonyl (C=O) groups is 2. The van der Waals surface area contributed by atoms with E-state index >= 15 is 0 Å². The van der Waals surface area contributed by atoms with Gasteiger partial charge in [0, 0.05) is 29.9 Å². The van der Waals surface area contributed by atoms with E-state index in [-0.39, 0.29) is 55.3 Å². The summed E-state index contributed by atoms with van der Waals surface area (Å²) in [5.41, 5.74) is 8.36. The van der Waals surface area contributed by atoms with Crippen LogP contribution < -0.4 is 21.7 Å². The quantitative estimate of drug-likeness (QED) is 0.519. The fourth-order valence-corrected chi connectivity index (χ4v) is 3.37. The molecular formula is C22H31Cl2N5O2. The first-order valence-electron chi connectivity index (χ1n) is 9.96. The molecule has 0 saturated carbocycles. The molecule has 1 heterocycles. The average Bonchev–Trinajstić information content (AvgIpc) is 2.72. The zero-order valence-corrected chi connectivity index (χ0v) is 19.2. The van der Waals surface area contributed by atoms with Crippen molar-refractivity contribution in [3.05, 3.63) is 60.2 Å². The Balaban J connectivity index is 0.00000240. The van der Waals surface area contributed by atoms with Gasteiger partial charge in [0.2, 0.25) is 5.91 Å². The summed E-state index contributed by atoms with van der Waals surface area (Å²) in [6.07, 6.45) is 2.11. The Labute approximate surface area is 196 Å². The first kappa shape index (κ1) is 26.7.